The normalized spacial score (nSPS) is 10.7. The largest absolute Gasteiger partial charge is 0.497 e. The molecule has 3 aromatic rings. The Kier molecular flexibility index (Phi) is 6.15. The van der Waals surface area contributed by atoms with E-state index in [0.29, 0.717) is 22.8 Å². The summed E-state index contributed by atoms with van der Waals surface area (Å²) in [5, 5.41) is 14.3. The predicted molar refractivity (Wildman–Crippen MR) is 112 cm³/mol. The number of anilines is 1. The van der Waals surface area contributed by atoms with Crippen molar-refractivity contribution in [2.75, 3.05) is 26.0 Å². The maximum atomic E-state index is 12.3. The first-order valence-electron chi connectivity index (χ1n) is 8.73. The molecule has 3 rings (SSSR count). The summed E-state index contributed by atoms with van der Waals surface area (Å²) >= 11 is 6.00. The Morgan fingerprint density at radius 1 is 1.14 bits per heavy atom. The lowest BCUT2D eigenvalue weighted by atomic mass is 10.1. The Morgan fingerprint density at radius 2 is 1.89 bits per heavy atom. The molecule has 1 N–H and O–H groups in total. The van der Waals surface area contributed by atoms with Gasteiger partial charge in [-0.1, -0.05) is 29.8 Å². The molecule has 0 heterocycles. The van der Waals surface area contributed by atoms with E-state index in [4.69, 9.17) is 21.6 Å². The van der Waals surface area contributed by atoms with Crippen LogP contribution in [0.3, 0.4) is 0 Å². The molecular formula is C22H20ClN3O2. The number of amides is 1. The summed E-state index contributed by atoms with van der Waals surface area (Å²) in [5.74, 6) is 0.686. The summed E-state index contributed by atoms with van der Waals surface area (Å²) in [5.41, 5.74) is 2.07. The van der Waals surface area contributed by atoms with Gasteiger partial charge in [0.15, 0.2) is 0 Å². The lowest BCUT2D eigenvalue weighted by Crippen LogP contribution is -2.29. The standard InChI is InChI=1S/C22H20ClN3O2/c1-26(14-22(27)25-19-7-5-18(12-24)21(23)11-19)13-15-3-4-17-10-20(28-2)8-6-16(17)9-15/h3-11H,13-14H2,1-2H3,(H,25,27). The first-order valence-corrected chi connectivity index (χ1v) is 9.11. The number of methoxy groups -OCH3 is 1. The van der Waals surface area contributed by atoms with Crippen LogP contribution in [0.2, 0.25) is 5.02 Å². The third kappa shape index (κ3) is 4.80. The SMILES string of the molecule is COc1ccc2cc(CN(C)CC(=O)Nc3ccc(C#N)c(Cl)c3)ccc2c1. The van der Waals surface area contributed by atoms with Crippen LogP contribution in [0.25, 0.3) is 10.8 Å². The van der Waals surface area contributed by atoms with Gasteiger partial charge in [-0.3, -0.25) is 9.69 Å². The fraction of sp³-hybridized carbons (Fsp3) is 0.182. The van der Waals surface area contributed by atoms with Crippen molar-refractivity contribution >= 4 is 34.0 Å². The molecular weight excluding hydrogens is 374 g/mol. The van der Waals surface area contributed by atoms with Gasteiger partial charge < -0.3 is 10.1 Å². The number of likely N-dealkylation sites (N-methyl/N-ethyl adjacent to an activating group) is 1. The second-order valence-corrected chi connectivity index (χ2v) is 6.98. The summed E-state index contributed by atoms with van der Waals surface area (Å²) in [7, 11) is 3.55. The Bertz CT molecular complexity index is 1060. The molecule has 0 aliphatic heterocycles. The molecule has 0 bridgehead atoms. The number of rotatable bonds is 6. The fourth-order valence-corrected chi connectivity index (χ4v) is 3.22. The second kappa shape index (κ2) is 8.75. The third-order valence-electron chi connectivity index (χ3n) is 4.35. The smallest absolute Gasteiger partial charge is 0.238 e. The second-order valence-electron chi connectivity index (χ2n) is 6.57. The average Bonchev–Trinajstić information content (AvgIpc) is 2.67. The molecule has 0 fully saturated rings. The van der Waals surface area contributed by atoms with Gasteiger partial charge in [0.05, 0.1) is 24.2 Å². The van der Waals surface area contributed by atoms with Gasteiger partial charge in [0, 0.05) is 12.2 Å². The quantitative estimate of drug-likeness (QED) is 0.672. The molecule has 0 spiro atoms. The van der Waals surface area contributed by atoms with E-state index in [1.54, 1.807) is 25.3 Å². The highest BCUT2D eigenvalue weighted by atomic mass is 35.5. The maximum Gasteiger partial charge on any atom is 0.238 e. The highest BCUT2D eigenvalue weighted by Gasteiger charge is 2.09. The molecule has 0 aliphatic rings. The van der Waals surface area contributed by atoms with Gasteiger partial charge in [-0.15, -0.1) is 0 Å². The molecule has 5 nitrogen and oxygen atoms in total. The van der Waals surface area contributed by atoms with E-state index in [1.807, 2.05) is 36.2 Å². The van der Waals surface area contributed by atoms with Crippen molar-refractivity contribution < 1.29 is 9.53 Å². The molecule has 1 amide bonds. The number of halogens is 1. The molecule has 0 aromatic heterocycles. The van der Waals surface area contributed by atoms with Crippen LogP contribution in [0.1, 0.15) is 11.1 Å². The van der Waals surface area contributed by atoms with Crippen LogP contribution in [-0.2, 0) is 11.3 Å². The first-order chi connectivity index (χ1) is 13.5. The van der Waals surface area contributed by atoms with Crippen LogP contribution < -0.4 is 10.1 Å². The Hall–Kier alpha value is -3.07. The van der Waals surface area contributed by atoms with Crippen LogP contribution >= 0.6 is 11.6 Å². The zero-order valence-corrected chi connectivity index (χ0v) is 16.5. The van der Waals surface area contributed by atoms with E-state index in [2.05, 4.69) is 23.5 Å². The van der Waals surface area contributed by atoms with E-state index in [1.165, 1.54) is 0 Å². The van der Waals surface area contributed by atoms with E-state index in [9.17, 15) is 4.79 Å². The minimum atomic E-state index is -0.145. The number of carbonyl (C=O) groups is 1. The zero-order chi connectivity index (χ0) is 20.1. The van der Waals surface area contributed by atoms with Crippen molar-refractivity contribution in [2.24, 2.45) is 0 Å². The summed E-state index contributed by atoms with van der Waals surface area (Å²) < 4.78 is 5.25. The Balaban J connectivity index is 1.61. The number of carbonyl (C=O) groups excluding carboxylic acids is 1. The molecule has 0 aliphatic carbocycles. The van der Waals surface area contributed by atoms with Gasteiger partial charge in [0.25, 0.3) is 0 Å². The molecule has 28 heavy (non-hydrogen) atoms. The average molecular weight is 394 g/mol. The Labute approximate surface area is 169 Å². The minimum absolute atomic E-state index is 0.145. The van der Waals surface area contributed by atoms with Gasteiger partial charge in [-0.2, -0.15) is 5.26 Å². The van der Waals surface area contributed by atoms with E-state index >= 15 is 0 Å². The Morgan fingerprint density at radius 3 is 2.61 bits per heavy atom. The number of nitrogens with zero attached hydrogens (tertiary/aromatic N) is 2. The van der Waals surface area contributed by atoms with E-state index in [-0.39, 0.29) is 12.5 Å². The highest BCUT2D eigenvalue weighted by molar-refractivity contribution is 6.32. The molecule has 142 valence electrons. The molecule has 0 atom stereocenters. The predicted octanol–water partition coefficient (Wildman–Crippen LogP) is 4.44. The van der Waals surface area contributed by atoms with Crippen LogP contribution in [-0.4, -0.2) is 31.5 Å². The summed E-state index contributed by atoms with van der Waals surface area (Å²) in [6, 6.07) is 19.0. The number of nitriles is 1. The number of fused-ring (bicyclic) bond motifs is 1. The van der Waals surface area contributed by atoms with Crippen molar-refractivity contribution in [3.05, 3.63) is 70.7 Å². The molecule has 6 heteroatoms. The molecule has 3 aromatic carbocycles. The topological polar surface area (TPSA) is 65.4 Å². The third-order valence-corrected chi connectivity index (χ3v) is 4.66. The molecule has 0 unspecified atom stereocenters. The number of hydrogen-bond donors (Lipinski definition) is 1. The van der Waals surface area contributed by atoms with Crippen molar-refractivity contribution in [3.8, 4) is 11.8 Å². The minimum Gasteiger partial charge on any atom is -0.497 e. The van der Waals surface area contributed by atoms with Crippen molar-refractivity contribution in [2.45, 2.75) is 6.54 Å². The van der Waals surface area contributed by atoms with Crippen LogP contribution in [0, 0.1) is 11.3 Å². The lowest BCUT2D eigenvalue weighted by molar-refractivity contribution is -0.117. The zero-order valence-electron chi connectivity index (χ0n) is 15.7. The fourth-order valence-electron chi connectivity index (χ4n) is 3.00. The van der Waals surface area contributed by atoms with Crippen LogP contribution in [0.5, 0.6) is 5.75 Å². The number of benzene rings is 3. The van der Waals surface area contributed by atoms with Crippen LogP contribution in [0.4, 0.5) is 5.69 Å². The van der Waals surface area contributed by atoms with Gasteiger partial charge in [-0.25, -0.2) is 0 Å². The van der Waals surface area contributed by atoms with Gasteiger partial charge in [-0.05, 0) is 59.8 Å². The summed E-state index contributed by atoms with van der Waals surface area (Å²) in [4.78, 5) is 14.2. The van der Waals surface area contributed by atoms with Gasteiger partial charge in [0.1, 0.15) is 11.8 Å². The maximum absolute atomic E-state index is 12.3. The van der Waals surface area contributed by atoms with Gasteiger partial charge >= 0.3 is 0 Å². The molecule has 0 saturated carbocycles. The molecule has 0 radical (unpaired) electrons. The summed E-state index contributed by atoms with van der Waals surface area (Å²) in [6.07, 6.45) is 0. The van der Waals surface area contributed by atoms with Gasteiger partial charge in [0.2, 0.25) is 5.91 Å². The van der Waals surface area contributed by atoms with E-state index in [0.717, 1.165) is 22.1 Å². The van der Waals surface area contributed by atoms with Crippen molar-refractivity contribution in [3.63, 3.8) is 0 Å². The lowest BCUT2D eigenvalue weighted by Gasteiger charge is -2.17. The van der Waals surface area contributed by atoms with Crippen molar-refractivity contribution in [1.82, 2.24) is 4.90 Å². The first kappa shape index (κ1) is 19.7. The number of hydrogen-bond acceptors (Lipinski definition) is 4. The number of nitrogens with one attached hydrogen (secondary N) is 1. The van der Waals surface area contributed by atoms with Crippen LogP contribution in [0.15, 0.2) is 54.6 Å². The monoisotopic (exact) mass is 393 g/mol. The van der Waals surface area contributed by atoms with Crippen molar-refractivity contribution in [1.29, 1.82) is 5.26 Å². The van der Waals surface area contributed by atoms with E-state index < -0.39 is 0 Å². The molecule has 0 saturated heterocycles. The highest BCUT2D eigenvalue weighted by Crippen LogP contribution is 2.23. The summed E-state index contributed by atoms with van der Waals surface area (Å²) in [6.45, 7) is 0.877. The number of ether oxygens (including phenoxy) is 1.